The minimum absolute atomic E-state index is 0.0633. The zero-order valence-corrected chi connectivity index (χ0v) is 11.0. The van der Waals surface area contributed by atoms with E-state index in [4.69, 9.17) is 4.74 Å². The van der Waals surface area contributed by atoms with E-state index in [0.717, 1.165) is 12.8 Å². The Morgan fingerprint density at radius 3 is 2.82 bits per heavy atom. The standard InChI is InChI=1S/C12H13BrFNO2/c1-17-8-5-7(6-8)15-12(16)11-9(13)3-2-4-10(11)14/h2-4,7-8H,5-6H2,1H3,(H,15,16). The third-order valence-electron chi connectivity index (χ3n) is 2.95. The number of halogens is 2. The Kier molecular flexibility index (Phi) is 3.79. The Hall–Kier alpha value is -0.940. The van der Waals surface area contributed by atoms with Crippen molar-refractivity contribution in [2.75, 3.05) is 7.11 Å². The van der Waals surface area contributed by atoms with Crippen LogP contribution < -0.4 is 5.32 Å². The molecular weight excluding hydrogens is 289 g/mol. The van der Waals surface area contributed by atoms with Gasteiger partial charge in [0.05, 0.1) is 11.7 Å². The molecule has 1 amide bonds. The Morgan fingerprint density at radius 1 is 1.53 bits per heavy atom. The van der Waals surface area contributed by atoms with Gasteiger partial charge in [-0.3, -0.25) is 4.79 Å². The van der Waals surface area contributed by atoms with Gasteiger partial charge in [0.2, 0.25) is 0 Å². The lowest BCUT2D eigenvalue weighted by Crippen LogP contribution is -2.47. The number of nitrogens with one attached hydrogen (secondary N) is 1. The highest BCUT2D eigenvalue weighted by Crippen LogP contribution is 2.24. The third-order valence-corrected chi connectivity index (χ3v) is 3.61. The average Bonchev–Trinajstić information content (AvgIpc) is 2.22. The van der Waals surface area contributed by atoms with Gasteiger partial charge in [0.1, 0.15) is 5.82 Å². The number of hydrogen-bond acceptors (Lipinski definition) is 2. The fourth-order valence-corrected chi connectivity index (χ4v) is 2.37. The van der Waals surface area contributed by atoms with E-state index in [1.54, 1.807) is 19.2 Å². The molecule has 1 N–H and O–H groups in total. The highest BCUT2D eigenvalue weighted by atomic mass is 79.9. The maximum atomic E-state index is 13.5. The van der Waals surface area contributed by atoms with E-state index >= 15 is 0 Å². The van der Waals surface area contributed by atoms with Gasteiger partial charge >= 0.3 is 0 Å². The quantitative estimate of drug-likeness (QED) is 0.931. The minimum Gasteiger partial charge on any atom is -0.381 e. The molecule has 1 aliphatic carbocycles. The van der Waals surface area contributed by atoms with Crippen molar-refractivity contribution < 1.29 is 13.9 Å². The van der Waals surface area contributed by atoms with Gasteiger partial charge in [-0.2, -0.15) is 0 Å². The molecule has 0 atom stereocenters. The largest absolute Gasteiger partial charge is 0.381 e. The van der Waals surface area contributed by atoms with Crippen molar-refractivity contribution in [2.24, 2.45) is 0 Å². The van der Waals surface area contributed by atoms with Gasteiger partial charge in [-0.1, -0.05) is 6.07 Å². The summed E-state index contributed by atoms with van der Waals surface area (Å²) in [4.78, 5) is 11.9. The number of amides is 1. The average molecular weight is 302 g/mol. The number of hydrogen-bond donors (Lipinski definition) is 1. The van der Waals surface area contributed by atoms with E-state index < -0.39 is 5.82 Å². The monoisotopic (exact) mass is 301 g/mol. The van der Waals surface area contributed by atoms with E-state index in [1.807, 2.05) is 0 Å². The predicted octanol–water partition coefficient (Wildman–Crippen LogP) is 2.50. The van der Waals surface area contributed by atoms with Crippen LogP contribution in [0, 0.1) is 5.82 Å². The first-order chi connectivity index (χ1) is 8.11. The first-order valence-corrected chi connectivity index (χ1v) is 6.18. The highest BCUT2D eigenvalue weighted by molar-refractivity contribution is 9.10. The van der Waals surface area contributed by atoms with Crippen LogP contribution in [0.3, 0.4) is 0 Å². The van der Waals surface area contributed by atoms with Crippen LogP contribution in [0.5, 0.6) is 0 Å². The summed E-state index contributed by atoms with van der Waals surface area (Å²) in [6.45, 7) is 0. The van der Waals surface area contributed by atoms with Gasteiger partial charge in [-0.25, -0.2) is 4.39 Å². The lowest BCUT2D eigenvalue weighted by molar-refractivity contribution is 0.0175. The van der Waals surface area contributed by atoms with Gasteiger partial charge in [0.15, 0.2) is 0 Å². The predicted molar refractivity (Wildman–Crippen MR) is 65.4 cm³/mol. The number of ether oxygens (including phenoxy) is 1. The molecule has 1 aromatic carbocycles. The maximum absolute atomic E-state index is 13.5. The smallest absolute Gasteiger partial charge is 0.255 e. The SMILES string of the molecule is COC1CC(NC(=O)c2c(F)cccc2Br)C1. The Balaban J connectivity index is 2.01. The van der Waals surface area contributed by atoms with Crippen LogP contribution in [0.4, 0.5) is 4.39 Å². The van der Waals surface area contributed by atoms with Crippen LogP contribution in [-0.4, -0.2) is 25.2 Å². The summed E-state index contributed by atoms with van der Waals surface area (Å²) < 4.78 is 19.1. The molecule has 0 bridgehead atoms. The molecule has 1 saturated carbocycles. The van der Waals surface area contributed by atoms with Crippen molar-refractivity contribution >= 4 is 21.8 Å². The Labute approximate surface area is 107 Å². The molecule has 1 fully saturated rings. The summed E-state index contributed by atoms with van der Waals surface area (Å²) in [5, 5.41) is 2.79. The Morgan fingerprint density at radius 2 is 2.24 bits per heavy atom. The molecule has 0 spiro atoms. The number of carbonyl (C=O) groups excluding carboxylic acids is 1. The normalized spacial score (nSPS) is 23.0. The Bertz CT molecular complexity index is 412. The molecule has 3 nitrogen and oxygen atoms in total. The molecular formula is C12H13BrFNO2. The molecule has 17 heavy (non-hydrogen) atoms. The van der Waals surface area contributed by atoms with Crippen LogP contribution in [-0.2, 0) is 4.74 Å². The van der Waals surface area contributed by atoms with Crippen LogP contribution in [0.25, 0.3) is 0 Å². The molecule has 0 radical (unpaired) electrons. The lowest BCUT2D eigenvalue weighted by Gasteiger charge is -2.34. The summed E-state index contributed by atoms with van der Waals surface area (Å²) in [5.74, 6) is -0.894. The molecule has 0 unspecified atom stereocenters. The zero-order valence-electron chi connectivity index (χ0n) is 9.37. The zero-order chi connectivity index (χ0) is 12.4. The minimum atomic E-state index is -0.514. The molecule has 92 valence electrons. The van der Waals surface area contributed by atoms with Crippen molar-refractivity contribution in [3.8, 4) is 0 Å². The molecule has 0 heterocycles. The lowest BCUT2D eigenvalue weighted by atomic mass is 9.89. The van der Waals surface area contributed by atoms with Crippen LogP contribution in [0.2, 0.25) is 0 Å². The second kappa shape index (κ2) is 5.14. The van der Waals surface area contributed by atoms with Crippen molar-refractivity contribution in [1.29, 1.82) is 0 Å². The van der Waals surface area contributed by atoms with E-state index in [2.05, 4.69) is 21.2 Å². The second-order valence-electron chi connectivity index (χ2n) is 4.10. The van der Waals surface area contributed by atoms with Crippen LogP contribution >= 0.6 is 15.9 Å². The summed E-state index contributed by atoms with van der Waals surface area (Å²) >= 11 is 3.18. The highest BCUT2D eigenvalue weighted by Gasteiger charge is 2.31. The summed E-state index contributed by atoms with van der Waals surface area (Å²) in [7, 11) is 1.65. The van der Waals surface area contributed by atoms with Gasteiger partial charge in [-0.15, -0.1) is 0 Å². The van der Waals surface area contributed by atoms with Crippen molar-refractivity contribution in [2.45, 2.75) is 25.0 Å². The van der Waals surface area contributed by atoms with E-state index in [0.29, 0.717) is 4.47 Å². The molecule has 0 saturated heterocycles. The van der Waals surface area contributed by atoms with Crippen molar-refractivity contribution in [1.82, 2.24) is 5.32 Å². The maximum Gasteiger partial charge on any atom is 0.255 e. The van der Waals surface area contributed by atoms with E-state index in [9.17, 15) is 9.18 Å². The van der Waals surface area contributed by atoms with Gasteiger partial charge in [0, 0.05) is 17.6 Å². The van der Waals surface area contributed by atoms with Gasteiger partial charge in [0.25, 0.3) is 5.91 Å². The van der Waals surface area contributed by atoms with E-state index in [-0.39, 0.29) is 23.6 Å². The van der Waals surface area contributed by atoms with Gasteiger partial charge < -0.3 is 10.1 Å². The fourth-order valence-electron chi connectivity index (χ4n) is 1.85. The molecule has 5 heteroatoms. The van der Waals surface area contributed by atoms with Crippen molar-refractivity contribution in [3.05, 3.63) is 34.1 Å². The number of carbonyl (C=O) groups is 1. The summed E-state index contributed by atoms with van der Waals surface area (Å²) in [6, 6.07) is 4.56. The first-order valence-electron chi connectivity index (χ1n) is 5.39. The topological polar surface area (TPSA) is 38.3 Å². The number of methoxy groups -OCH3 is 1. The third kappa shape index (κ3) is 2.66. The summed E-state index contributed by atoms with van der Waals surface area (Å²) in [5.41, 5.74) is 0.0633. The molecule has 1 aliphatic rings. The van der Waals surface area contributed by atoms with Gasteiger partial charge in [-0.05, 0) is 40.9 Å². The number of rotatable bonds is 3. The van der Waals surface area contributed by atoms with Crippen LogP contribution in [0.1, 0.15) is 23.2 Å². The molecule has 0 aliphatic heterocycles. The van der Waals surface area contributed by atoms with E-state index in [1.165, 1.54) is 6.07 Å². The first kappa shape index (κ1) is 12.5. The summed E-state index contributed by atoms with van der Waals surface area (Å²) in [6.07, 6.45) is 1.78. The fraction of sp³-hybridized carbons (Fsp3) is 0.417. The molecule has 1 aromatic rings. The number of benzene rings is 1. The second-order valence-corrected chi connectivity index (χ2v) is 4.95. The van der Waals surface area contributed by atoms with Crippen molar-refractivity contribution in [3.63, 3.8) is 0 Å². The van der Waals surface area contributed by atoms with Crippen LogP contribution in [0.15, 0.2) is 22.7 Å². The molecule has 0 aromatic heterocycles. The molecule has 2 rings (SSSR count).